The smallest absolute Gasteiger partial charge is 0.338 e. The Hall–Kier alpha value is -1.58. The van der Waals surface area contributed by atoms with Crippen molar-refractivity contribution in [2.45, 2.75) is 24.2 Å². The number of hydrogen-bond donors (Lipinski definition) is 0. The average Bonchev–Trinajstić information content (AvgIpc) is 3.31. The number of nitrogens with zero attached hydrogens (tertiary/aromatic N) is 3. The lowest BCUT2D eigenvalue weighted by Gasteiger charge is -2.32. The Kier molecular flexibility index (Phi) is 5.66. The van der Waals surface area contributed by atoms with Crippen molar-refractivity contribution in [1.29, 1.82) is 0 Å². The topological polar surface area (TPSA) is 54.8 Å². The minimum absolute atomic E-state index is 0.000841. The van der Waals surface area contributed by atoms with E-state index in [1.54, 1.807) is 19.2 Å². The molecule has 1 saturated heterocycles. The van der Waals surface area contributed by atoms with E-state index >= 15 is 0 Å². The number of ether oxygens (including phenoxy) is 1. The van der Waals surface area contributed by atoms with E-state index in [2.05, 4.69) is 36.8 Å². The Morgan fingerprint density at radius 1 is 1.46 bits per heavy atom. The van der Waals surface area contributed by atoms with Gasteiger partial charge in [0.1, 0.15) is 11.9 Å². The fraction of sp³-hybridized carbons (Fsp3) is 0.316. The molecule has 5 nitrogen and oxygen atoms in total. The predicted molar refractivity (Wildman–Crippen MR) is 113 cm³/mol. The standard InChI is InChI=1S/C19H16Br2FN3O2S/c1-2-27-19(26)14-15(11-4-3-10(22)9-13(11)21)24-17(18-23-6-8-28-18)25-7-5-12(20)16(14)25/h3-4,6,8-9,12,15H,2,5,7H2,1H3/t12-,15+/m1/s1. The van der Waals surface area contributed by atoms with Crippen molar-refractivity contribution in [3.63, 3.8) is 0 Å². The van der Waals surface area contributed by atoms with Crippen molar-refractivity contribution >= 4 is 55.0 Å². The molecule has 4 rings (SSSR count). The molecular weight excluding hydrogens is 513 g/mol. The molecule has 0 radical (unpaired) electrons. The van der Waals surface area contributed by atoms with Crippen molar-refractivity contribution < 1.29 is 13.9 Å². The first-order chi connectivity index (χ1) is 13.5. The monoisotopic (exact) mass is 527 g/mol. The van der Waals surface area contributed by atoms with Crippen LogP contribution in [-0.4, -0.2) is 39.7 Å². The first-order valence-corrected chi connectivity index (χ1v) is 11.4. The second-order valence-corrected chi connectivity index (χ2v) is 9.14. The molecule has 0 bridgehead atoms. The van der Waals surface area contributed by atoms with E-state index in [-0.39, 0.29) is 17.3 Å². The number of esters is 1. The Morgan fingerprint density at radius 3 is 2.96 bits per heavy atom. The highest BCUT2D eigenvalue weighted by Gasteiger charge is 2.42. The normalized spacial score (nSPS) is 21.6. The lowest BCUT2D eigenvalue weighted by atomic mass is 9.94. The molecule has 2 atom stereocenters. The summed E-state index contributed by atoms with van der Waals surface area (Å²) in [5.41, 5.74) is 2.03. The van der Waals surface area contributed by atoms with Gasteiger partial charge in [-0.3, -0.25) is 4.99 Å². The molecule has 1 aromatic carbocycles. The highest BCUT2D eigenvalue weighted by Crippen LogP contribution is 2.44. The minimum atomic E-state index is -0.614. The molecule has 2 aromatic rings. The fourth-order valence-corrected chi connectivity index (χ4v) is 5.38. The van der Waals surface area contributed by atoms with E-state index < -0.39 is 12.0 Å². The third-order valence-corrected chi connectivity index (χ3v) is 6.97. The number of aromatic nitrogens is 1. The van der Waals surface area contributed by atoms with E-state index in [1.165, 1.54) is 23.5 Å². The van der Waals surface area contributed by atoms with Gasteiger partial charge in [-0.05, 0) is 31.0 Å². The van der Waals surface area contributed by atoms with Crippen LogP contribution in [0, 0.1) is 5.82 Å². The van der Waals surface area contributed by atoms with E-state index in [0.29, 0.717) is 15.6 Å². The number of carbonyl (C=O) groups excluding carboxylic acids is 1. The second-order valence-electron chi connectivity index (χ2n) is 6.29. The van der Waals surface area contributed by atoms with Gasteiger partial charge in [0.15, 0.2) is 10.8 Å². The van der Waals surface area contributed by atoms with Gasteiger partial charge >= 0.3 is 5.97 Å². The molecule has 1 aromatic heterocycles. The van der Waals surface area contributed by atoms with Crippen LogP contribution in [0.15, 0.2) is 50.5 Å². The van der Waals surface area contributed by atoms with Gasteiger partial charge in [0.25, 0.3) is 0 Å². The van der Waals surface area contributed by atoms with Crippen LogP contribution < -0.4 is 0 Å². The summed E-state index contributed by atoms with van der Waals surface area (Å²) < 4.78 is 19.6. The first kappa shape index (κ1) is 19.7. The van der Waals surface area contributed by atoms with Gasteiger partial charge in [-0.25, -0.2) is 14.2 Å². The van der Waals surface area contributed by atoms with Gasteiger partial charge in [-0.15, -0.1) is 11.3 Å². The molecule has 0 spiro atoms. The van der Waals surface area contributed by atoms with Crippen molar-refractivity contribution in [3.8, 4) is 0 Å². The summed E-state index contributed by atoms with van der Waals surface area (Å²) in [6.07, 6.45) is 2.57. The first-order valence-electron chi connectivity index (χ1n) is 8.76. The largest absolute Gasteiger partial charge is 0.463 e. The Bertz CT molecular complexity index is 978. The average molecular weight is 529 g/mol. The number of thiazole rings is 1. The SMILES string of the molecule is CCOC(=O)C1=C2[C@H](Br)CCN2C(c2nccs2)=N[C@H]1c1ccc(F)cc1Br. The number of amidine groups is 1. The van der Waals surface area contributed by atoms with E-state index in [4.69, 9.17) is 9.73 Å². The van der Waals surface area contributed by atoms with E-state index in [9.17, 15) is 9.18 Å². The number of aliphatic imine (C=N–C) groups is 1. The molecular formula is C19H16Br2FN3O2S. The maximum Gasteiger partial charge on any atom is 0.338 e. The summed E-state index contributed by atoms with van der Waals surface area (Å²) in [7, 11) is 0. The maximum atomic E-state index is 13.7. The van der Waals surface area contributed by atoms with Crippen LogP contribution >= 0.6 is 43.2 Å². The zero-order chi connectivity index (χ0) is 19.8. The fourth-order valence-electron chi connectivity index (χ4n) is 3.48. The molecule has 0 aliphatic carbocycles. The maximum absolute atomic E-state index is 13.7. The Labute approximate surface area is 182 Å². The molecule has 2 aliphatic heterocycles. The summed E-state index contributed by atoms with van der Waals surface area (Å²) in [6, 6.07) is 3.80. The molecule has 0 amide bonds. The van der Waals surface area contributed by atoms with Crippen LogP contribution in [0.5, 0.6) is 0 Å². The van der Waals surface area contributed by atoms with E-state index in [1.807, 2.05) is 10.3 Å². The third-order valence-electron chi connectivity index (χ3n) is 4.63. The molecule has 146 valence electrons. The van der Waals surface area contributed by atoms with Crippen LogP contribution in [0.25, 0.3) is 0 Å². The predicted octanol–water partition coefficient (Wildman–Crippen LogP) is 4.83. The van der Waals surface area contributed by atoms with Crippen LogP contribution in [0.1, 0.15) is 30.0 Å². The van der Waals surface area contributed by atoms with Gasteiger partial charge in [0, 0.05) is 28.3 Å². The zero-order valence-corrected chi connectivity index (χ0v) is 18.9. The van der Waals surface area contributed by atoms with Crippen molar-refractivity contribution in [3.05, 3.63) is 61.9 Å². The van der Waals surface area contributed by atoms with Crippen molar-refractivity contribution in [2.24, 2.45) is 4.99 Å². The molecule has 2 aliphatic rings. The lowest BCUT2D eigenvalue weighted by Crippen LogP contribution is -2.36. The van der Waals surface area contributed by atoms with Crippen molar-refractivity contribution in [1.82, 2.24) is 9.88 Å². The van der Waals surface area contributed by atoms with Crippen LogP contribution in [-0.2, 0) is 9.53 Å². The molecule has 28 heavy (non-hydrogen) atoms. The molecule has 1 fully saturated rings. The number of rotatable bonds is 4. The molecule has 9 heteroatoms. The molecule has 0 saturated carbocycles. The number of hydrogen-bond acceptors (Lipinski definition) is 6. The number of allylic oxidation sites excluding steroid dienone is 1. The number of halogens is 3. The lowest BCUT2D eigenvalue weighted by molar-refractivity contribution is -0.139. The van der Waals surface area contributed by atoms with Crippen LogP contribution in [0.2, 0.25) is 0 Å². The van der Waals surface area contributed by atoms with Crippen molar-refractivity contribution in [2.75, 3.05) is 13.2 Å². The van der Waals surface area contributed by atoms with Gasteiger partial charge in [-0.2, -0.15) is 0 Å². The highest BCUT2D eigenvalue weighted by atomic mass is 79.9. The number of fused-ring (bicyclic) bond motifs is 1. The highest BCUT2D eigenvalue weighted by molar-refractivity contribution is 9.10. The summed E-state index contributed by atoms with van der Waals surface area (Å²) >= 11 is 8.64. The summed E-state index contributed by atoms with van der Waals surface area (Å²) in [4.78, 5) is 24.3. The number of carbonyl (C=O) groups is 1. The molecule has 0 N–H and O–H groups in total. The summed E-state index contributed by atoms with van der Waals surface area (Å²) in [5.74, 6) is -0.0417. The summed E-state index contributed by atoms with van der Waals surface area (Å²) in [5, 5.41) is 2.68. The quantitative estimate of drug-likeness (QED) is 0.421. The molecule has 0 unspecified atom stereocenters. The van der Waals surface area contributed by atoms with Gasteiger partial charge in [-0.1, -0.05) is 37.9 Å². The Morgan fingerprint density at radius 2 is 2.29 bits per heavy atom. The van der Waals surface area contributed by atoms with E-state index in [0.717, 1.165) is 29.5 Å². The van der Waals surface area contributed by atoms with Crippen LogP contribution in [0.3, 0.4) is 0 Å². The number of alkyl halides is 1. The zero-order valence-electron chi connectivity index (χ0n) is 14.9. The van der Waals surface area contributed by atoms with Gasteiger partial charge < -0.3 is 9.64 Å². The van der Waals surface area contributed by atoms with Gasteiger partial charge in [0.05, 0.1) is 17.0 Å². The molecule has 3 heterocycles. The third kappa shape index (κ3) is 3.44. The Balaban J connectivity index is 1.93. The second kappa shape index (κ2) is 8.04. The van der Waals surface area contributed by atoms with Gasteiger partial charge in [0.2, 0.25) is 0 Å². The van der Waals surface area contributed by atoms with Crippen LogP contribution in [0.4, 0.5) is 4.39 Å². The number of benzene rings is 1. The minimum Gasteiger partial charge on any atom is -0.463 e. The summed E-state index contributed by atoms with van der Waals surface area (Å²) in [6.45, 7) is 2.77.